The third-order valence-corrected chi connectivity index (χ3v) is 11.0. The van der Waals surface area contributed by atoms with E-state index in [2.05, 4.69) is 52.3 Å². The van der Waals surface area contributed by atoms with Crippen molar-refractivity contribution in [2.24, 2.45) is 34.0 Å². The van der Waals surface area contributed by atoms with E-state index in [0.717, 1.165) is 31.0 Å². The van der Waals surface area contributed by atoms with E-state index < -0.39 is 0 Å². The molecule has 2 bridgehead atoms. The molecule has 0 saturated heterocycles. The lowest BCUT2D eigenvalue weighted by Crippen LogP contribution is -2.67. The smallest absolute Gasteiger partial charge is 0.141 e. The SMILES string of the molecule is C=C1C(Br)[C@]23CC[C@@H]4[C@](C)(CCC(=O)[C@@]4(C)CBr)[C@H]2C[C@H]1CC3=O. The van der Waals surface area contributed by atoms with Crippen LogP contribution >= 0.6 is 31.9 Å². The molecular formula is C20H26Br2O2. The lowest BCUT2D eigenvalue weighted by atomic mass is 9.36. The maximum Gasteiger partial charge on any atom is 0.141 e. The quantitative estimate of drug-likeness (QED) is 0.406. The van der Waals surface area contributed by atoms with Crippen LogP contribution in [0.5, 0.6) is 0 Å². The number of alkyl halides is 2. The Morgan fingerprint density at radius 2 is 1.88 bits per heavy atom. The zero-order valence-electron chi connectivity index (χ0n) is 14.5. The van der Waals surface area contributed by atoms with Gasteiger partial charge >= 0.3 is 0 Å². The van der Waals surface area contributed by atoms with Gasteiger partial charge in [0.1, 0.15) is 11.6 Å². The Labute approximate surface area is 161 Å². The van der Waals surface area contributed by atoms with Crippen molar-refractivity contribution in [2.75, 3.05) is 5.33 Å². The molecule has 5 fully saturated rings. The number of fused-ring (bicyclic) bond motifs is 3. The highest BCUT2D eigenvalue weighted by Gasteiger charge is 2.70. The summed E-state index contributed by atoms with van der Waals surface area (Å²) in [5.41, 5.74) is 0.760. The van der Waals surface area contributed by atoms with Crippen LogP contribution in [0.3, 0.4) is 0 Å². The Kier molecular flexibility index (Phi) is 3.84. The molecule has 0 aromatic rings. The van der Waals surface area contributed by atoms with Gasteiger partial charge in [-0.3, -0.25) is 9.59 Å². The van der Waals surface area contributed by atoms with Crippen molar-refractivity contribution in [3.63, 3.8) is 0 Å². The van der Waals surface area contributed by atoms with Crippen LogP contribution in [-0.2, 0) is 9.59 Å². The molecule has 1 unspecified atom stereocenters. The molecule has 1 spiro atoms. The number of halogens is 2. The highest BCUT2D eigenvalue weighted by atomic mass is 79.9. The number of Topliss-reactive ketones (excluding diaryl/α,β-unsaturated/α-hetero) is 2. The summed E-state index contributed by atoms with van der Waals surface area (Å²) in [4.78, 5) is 26.0. The van der Waals surface area contributed by atoms with Gasteiger partial charge in [0.25, 0.3) is 0 Å². The Morgan fingerprint density at radius 3 is 2.54 bits per heavy atom. The fraction of sp³-hybridized carbons (Fsp3) is 0.800. The first kappa shape index (κ1) is 17.5. The van der Waals surface area contributed by atoms with Crippen molar-refractivity contribution in [3.05, 3.63) is 12.2 Å². The Hall–Kier alpha value is 0.0400. The second kappa shape index (κ2) is 5.28. The molecule has 5 rings (SSSR count). The van der Waals surface area contributed by atoms with Crippen LogP contribution in [-0.4, -0.2) is 21.7 Å². The van der Waals surface area contributed by atoms with Gasteiger partial charge in [-0.05, 0) is 48.9 Å². The topological polar surface area (TPSA) is 34.1 Å². The Bertz CT molecular complexity index is 644. The van der Waals surface area contributed by atoms with Gasteiger partial charge in [-0.2, -0.15) is 0 Å². The van der Waals surface area contributed by atoms with Crippen molar-refractivity contribution in [1.29, 1.82) is 0 Å². The molecule has 24 heavy (non-hydrogen) atoms. The summed E-state index contributed by atoms with van der Waals surface area (Å²) in [5, 5.41) is 0.737. The molecule has 0 radical (unpaired) electrons. The highest BCUT2D eigenvalue weighted by molar-refractivity contribution is 9.09. The van der Waals surface area contributed by atoms with Gasteiger partial charge in [0, 0.05) is 33.8 Å². The summed E-state index contributed by atoms with van der Waals surface area (Å²) in [6, 6.07) is 0. The van der Waals surface area contributed by atoms with Gasteiger partial charge in [-0.15, -0.1) is 0 Å². The molecule has 4 heteroatoms. The van der Waals surface area contributed by atoms with E-state index in [0.29, 0.717) is 42.2 Å². The van der Waals surface area contributed by atoms with E-state index >= 15 is 0 Å². The van der Waals surface area contributed by atoms with Crippen LogP contribution in [0.25, 0.3) is 0 Å². The fourth-order valence-electron chi connectivity index (χ4n) is 7.00. The average molecular weight is 458 g/mol. The van der Waals surface area contributed by atoms with Crippen molar-refractivity contribution < 1.29 is 9.59 Å². The molecule has 0 amide bonds. The van der Waals surface area contributed by atoms with Crippen molar-refractivity contribution in [3.8, 4) is 0 Å². The second-order valence-corrected chi connectivity index (χ2v) is 10.6. The van der Waals surface area contributed by atoms with E-state index in [-0.39, 0.29) is 21.1 Å². The molecule has 5 saturated carbocycles. The fourth-order valence-corrected chi connectivity index (χ4v) is 8.88. The molecule has 0 aromatic carbocycles. The van der Waals surface area contributed by atoms with Crippen molar-refractivity contribution >= 4 is 43.4 Å². The van der Waals surface area contributed by atoms with Crippen molar-refractivity contribution in [1.82, 2.24) is 0 Å². The van der Waals surface area contributed by atoms with E-state index in [4.69, 9.17) is 0 Å². The van der Waals surface area contributed by atoms with Gasteiger partial charge in [0.05, 0.1) is 0 Å². The summed E-state index contributed by atoms with van der Waals surface area (Å²) < 4.78 is 0. The second-order valence-electron chi connectivity index (χ2n) is 9.16. The standard InChI is InChI=1S/C20H26Br2O2/c1-11-12-8-14-18(2)6-5-15(23)19(3,10-21)13(18)4-7-20(14,17(11)22)16(24)9-12/h12-14,17H,1,4-10H2,2-3H3/t12-,13+,14+,17?,18-,19-,20+/m0/s1. The van der Waals surface area contributed by atoms with Crippen LogP contribution < -0.4 is 0 Å². The minimum Gasteiger partial charge on any atom is -0.299 e. The van der Waals surface area contributed by atoms with Gasteiger partial charge < -0.3 is 0 Å². The molecule has 0 aromatic heterocycles. The molecule has 132 valence electrons. The van der Waals surface area contributed by atoms with Gasteiger partial charge in [0.15, 0.2) is 0 Å². The van der Waals surface area contributed by atoms with Crippen LogP contribution in [0.15, 0.2) is 12.2 Å². The number of hydrogen-bond acceptors (Lipinski definition) is 2. The van der Waals surface area contributed by atoms with E-state index in [1.54, 1.807) is 0 Å². The average Bonchev–Trinajstić information content (AvgIpc) is 2.56. The number of allylic oxidation sites excluding steroid dienone is 1. The van der Waals surface area contributed by atoms with Crippen LogP contribution in [0.1, 0.15) is 52.4 Å². The first-order valence-electron chi connectivity index (χ1n) is 9.17. The Morgan fingerprint density at radius 1 is 1.17 bits per heavy atom. The summed E-state index contributed by atoms with van der Waals surface area (Å²) in [6.45, 7) is 8.85. The molecule has 7 atom stereocenters. The number of carbonyl (C=O) groups is 2. The van der Waals surface area contributed by atoms with E-state index in [1.165, 1.54) is 5.57 Å². The normalized spacial score (nSPS) is 53.8. The first-order chi connectivity index (χ1) is 11.2. The molecule has 2 nitrogen and oxygen atoms in total. The summed E-state index contributed by atoms with van der Waals surface area (Å²) in [6.07, 6.45) is 5.27. The number of carbonyl (C=O) groups excluding carboxylic acids is 2. The monoisotopic (exact) mass is 456 g/mol. The highest BCUT2D eigenvalue weighted by Crippen LogP contribution is 2.71. The van der Waals surface area contributed by atoms with Gasteiger partial charge in [0.2, 0.25) is 0 Å². The molecule has 0 N–H and O–H groups in total. The number of rotatable bonds is 1. The largest absolute Gasteiger partial charge is 0.299 e. The first-order valence-corrected chi connectivity index (χ1v) is 11.2. The van der Waals surface area contributed by atoms with E-state index in [9.17, 15) is 9.59 Å². The number of ketones is 2. The minimum atomic E-state index is -0.285. The van der Waals surface area contributed by atoms with E-state index in [1.807, 2.05) is 0 Å². The summed E-state index contributed by atoms with van der Waals surface area (Å²) >= 11 is 7.53. The lowest BCUT2D eigenvalue weighted by molar-refractivity contribution is -0.180. The molecule has 0 heterocycles. The molecular weight excluding hydrogens is 432 g/mol. The van der Waals surface area contributed by atoms with Gasteiger partial charge in [-0.25, -0.2) is 0 Å². The zero-order valence-corrected chi connectivity index (χ0v) is 17.7. The van der Waals surface area contributed by atoms with Crippen molar-refractivity contribution in [2.45, 2.75) is 57.2 Å². The van der Waals surface area contributed by atoms with Crippen LogP contribution in [0.2, 0.25) is 0 Å². The third-order valence-electron chi connectivity index (χ3n) is 8.41. The molecule has 5 aliphatic rings. The summed E-state index contributed by atoms with van der Waals surface area (Å²) in [5.74, 6) is 1.95. The Balaban J connectivity index is 1.83. The zero-order chi connectivity index (χ0) is 17.5. The minimum absolute atomic E-state index is 0.0791. The maximum absolute atomic E-state index is 13.1. The maximum atomic E-state index is 13.1. The third kappa shape index (κ3) is 1.83. The van der Waals surface area contributed by atoms with Gasteiger partial charge in [-0.1, -0.05) is 57.9 Å². The predicted octanol–water partition coefficient (Wildman–Crippen LogP) is 5.08. The molecule has 5 aliphatic carbocycles. The van der Waals surface area contributed by atoms with Crippen LogP contribution in [0.4, 0.5) is 0 Å². The summed E-state index contributed by atoms with van der Waals surface area (Å²) in [7, 11) is 0. The predicted molar refractivity (Wildman–Crippen MR) is 102 cm³/mol. The lowest BCUT2D eigenvalue weighted by Gasteiger charge is -2.68. The molecule has 0 aliphatic heterocycles. The van der Waals surface area contributed by atoms with Crippen LogP contribution in [0, 0.1) is 34.0 Å². The number of hydrogen-bond donors (Lipinski definition) is 0.